The summed E-state index contributed by atoms with van der Waals surface area (Å²) in [4.78, 5) is 27.4. The number of allylic oxidation sites excluding steroid dienone is 1. The summed E-state index contributed by atoms with van der Waals surface area (Å²) in [6.07, 6.45) is -0.167. The number of esters is 1. The summed E-state index contributed by atoms with van der Waals surface area (Å²) in [6.45, 7) is 5.48. The van der Waals surface area contributed by atoms with E-state index in [1.165, 1.54) is 17.0 Å². The highest BCUT2D eigenvalue weighted by molar-refractivity contribution is 6.30. The third-order valence-corrected chi connectivity index (χ3v) is 5.14. The molecule has 29 heavy (non-hydrogen) atoms. The second kappa shape index (κ2) is 8.78. The van der Waals surface area contributed by atoms with Gasteiger partial charge in [0.2, 0.25) is 5.91 Å². The number of carbonyl (C=O) groups excluding carboxylic acids is 2. The van der Waals surface area contributed by atoms with Crippen molar-refractivity contribution in [3.63, 3.8) is 0 Å². The normalized spacial score (nSPS) is 17.1. The molecule has 0 unspecified atom stereocenters. The van der Waals surface area contributed by atoms with Gasteiger partial charge < -0.3 is 9.64 Å². The summed E-state index contributed by atoms with van der Waals surface area (Å²) in [5, 5.41) is 0.579. The van der Waals surface area contributed by atoms with Crippen LogP contribution in [-0.2, 0) is 20.9 Å². The number of nitrogens with zero attached hydrogens (tertiary/aromatic N) is 1. The minimum atomic E-state index is -0.450. The number of benzene rings is 2. The Morgan fingerprint density at radius 3 is 2.55 bits per heavy atom. The van der Waals surface area contributed by atoms with Crippen molar-refractivity contribution in [2.24, 2.45) is 0 Å². The van der Waals surface area contributed by atoms with E-state index in [1.54, 1.807) is 45.0 Å². The van der Waals surface area contributed by atoms with Crippen LogP contribution in [-0.4, -0.2) is 22.9 Å². The second-order valence-corrected chi connectivity index (χ2v) is 7.81. The summed E-state index contributed by atoms with van der Waals surface area (Å²) >= 11 is 5.99. The fraction of sp³-hybridized carbons (Fsp3) is 0.304. The molecule has 1 heterocycles. The molecule has 0 fully saturated rings. The first-order valence-corrected chi connectivity index (χ1v) is 9.86. The molecule has 0 saturated heterocycles. The average molecular weight is 416 g/mol. The largest absolute Gasteiger partial charge is 0.460 e. The Balaban J connectivity index is 2.03. The van der Waals surface area contributed by atoms with Gasteiger partial charge in [-0.1, -0.05) is 35.9 Å². The molecule has 6 heteroatoms. The Labute approximate surface area is 174 Å². The average Bonchev–Trinajstić information content (AvgIpc) is 2.64. The van der Waals surface area contributed by atoms with E-state index >= 15 is 0 Å². The van der Waals surface area contributed by atoms with E-state index in [4.69, 9.17) is 16.3 Å². The third-order valence-electron chi connectivity index (χ3n) is 4.89. The van der Waals surface area contributed by atoms with Gasteiger partial charge >= 0.3 is 5.97 Å². The first kappa shape index (κ1) is 21.1. The maximum Gasteiger partial charge on any atom is 0.336 e. The van der Waals surface area contributed by atoms with E-state index in [2.05, 4.69) is 0 Å². The zero-order valence-corrected chi connectivity index (χ0v) is 17.4. The predicted octanol–water partition coefficient (Wildman–Crippen LogP) is 5.22. The Morgan fingerprint density at radius 1 is 1.24 bits per heavy atom. The molecule has 0 spiro atoms. The van der Waals surface area contributed by atoms with Crippen LogP contribution in [0.1, 0.15) is 44.2 Å². The number of carbonyl (C=O) groups is 2. The molecule has 2 aromatic carbocycles. The lowest BCUT2D eigenvalue weighted by molar-refractivity contribution is -0.143. The highest BCUT2D eigenvalue weighted by atomic mass is 35.5. The quantitative estimate of drug-likeness (QED) is 0.629. The van der Waals surface area contributed by atoms with Crippen LogP contribution in [0.3, 0.4) is 0 Å². The van der Waals surface area contributed by atoms with E-state index in [0.29, 0.717) is 21.9 Å². The number of rotatable bonds is 5. The summed E-state index contributed by atoms with van der Waals surface area (Å²) in [5.41, 5.74) is 2.44. The van der Waals surface area contributed by atoms with Crippen molar-refractivity contribution in [3.8, 4) is 0 Å². The maximum atomic E-state index is 13.6. The van der Waals surface area contributed by atoms with Crippen LogP contribution >= 0.6 is 11.6 Å². The fourth-order valence-electron chi connectivity index (χ4n) is 3.54. The highest BCUT2D eigenvalue weighted by Crippen LogP contribution is 2.38. The highest BCUT2D eigenvalue weighted by Gasteiger charge is 2.37. The van der Waals surface area contributed by atoms with Crippen LogP contribution in [0.25, 0.3) is 0 Å². The zero-order valence-electron chi connectivity index (χ0n) is 16.6. The van der Waals surface area contributed by atoms with Crippen molar-refractivity contribution < 1.29 is 18.7 Å². The van der Waals surface area contributed by atoms with E-state index in [0.717, 1.165) is 5.56 Å². The van der Waals surface area contributed by atoms with Gasteiger partial charge in [0.15, 0.2) is 0 Å². The molecule has 0 aromatic heterocycles. The van der Waals surface area contributed by atoms with Gasteiger partial charge in [0.1, 0.15) is 5.82 Å². The van der Waals surface area contributed by atoms with Crippen LogP contribution in [0, 0.1) is 5.82 Å². The van der Waals surface area contributed by atoms with Crippen LogP contribution in [0.2, 0.25) is 5.02 Å². The minimum absolute atomic E-state index is 0.122. The summed E-state index contributed by atoms with van der Waals surface area (Å²) in [6, 6.07) is 13.2. The molecule has 0 radical (unpaired) electrons. The van der Waals surface area contributed by atoms with E-state index in [9.17, 15) is 14.0 Å². The zero-order chi connectivity index (χ0) is 21.1. The lowest BCUT2D eigenvalue weighted by Gasteiger charge is -2.35. The topological polar surface area (TPSA) is 46.6 Å². The van der Waals surface area contributed by atoms with Crippen LogP contribution < -0.4 is 0 Å². The third kappa shape index (κ3) is 4.85. The molecule has 3 rings (SSSR count). The number of halogens is 2. The van der Waals surface area contributed by atoms with Crippen molar-refractivity contribution in [2.75, 3.05) is 0 Å². The molecule has 1 atom stereocenters. The van der Waals surface area contributed by atoms with Crippen molar-refractivity contribution in [2.45, 2.75) is 45.8 Å². The Bertz CT molecular complexity index is 953. The Hall–Kier alpha value is -2.66. The summed E-state index contributed by atoms with van der Waals surface area (Å²) in [5.74, 6) is -1.37. The number of hydrogen-bond donors (Lipinski definition) is 0. The van der Waals surface area contributed by atoms with Gasteiger partial charge in [-0.3, -0.25) is 4.79 Å². The lowest BCUT2D eigenvalue weighted by atomic mass is 9.83. The van der Waals surface area contributed by atoms with Gasteiger partial charge in [0.05, 0.1) is 18.2 Å². The standard InChI is InChI=1S/C23H23ClFNO3/c1-14(2)29-23(28)22-15(3)26(13-16-5-4-6-19(25)11-16)21(27)12-20(22)17-7-9-18(24)10-8-17/h4-11,14,20H,12-13H2,1-3H3/t20-/m1/s1. The molecular weight excluding hydrogens is 393 g/mol. The van der Waals surface area contributed by atoms with Gasteiger partial charge in [-0.15, -0.1) is 0 Å². The molecule has 0 aliphatic carbocycles. The molecule has 1 aliphatic rings. The first-order valence-electron chi connectivity index (χ1n) is 9.48. The fourth-order valence-corrected chi connectivity index (χ4v) is 3.67. The summed E-state index contributed by atoms with van der Waals surface area (Å²) < 4.78 is 19.0. The monoisotopic (exact) mass is 415 g/mol. The van der Waals surface area contributed by atoms with Gasteiger partial charge in [-0.05, 0) is 56.2 Å². The van der Waals surface area contributed by atoms with E-state index in [1.807, 2.05) is 12.1 Å². The summed E-state index contributed by atoms with van der Waals surface area (Å²) in [7, 11) is 0. The molecule has 152 valence electrons. The predicted molar refractivity (Wildman–Crippen MR) is 110 cm³/mol. The molecule has 1 aliphatic heterocycles. The van der Waals surface area contributed by atoms with Crippen LogP contribution in [0.4, 0.5) is 4.39 Å². The maximum absolute atomic E-state index is 13.6. The van der Waals surface area contributed by atoms with Crippen molar-refractivity contribution in [1.29, 1.82) is 0 Å². The van der Waals surface area contributed by atoms with Crippen molar-refractivity contribution in [3.05, 3.63) is 81.8 Å². The van der Waals surface area contributed by atoms with E-state index < -0.39 is 11.9 Å². The van der Waals surface area contributed by atoms with Crippen LogP contribution in [0.15, 0.2) is 59.8 Å². The second-order valence-electron chi connectivity index (χ2n) is 7.37. The van der Waals surface area contributed by atoms with Crippen LogP contribution in [0.5, 0.6) is 0 Å². The number of ether oxygens (including phenoxy) is 1. The molecule has 1 amide bonds. The number of hydrogen-bond acceptors (Lipinski definition) is 3. The minimum Gasteiger partial charge on any atom is -0.460 e. The van der Waals surface area contributed by atoms with Gasteiger partial charge in [-0.25, -0.2) is 9.18 Å². The molecular formula is C23H23ClFNO3. The Morgan fingerprint density at radius 2 is 1.93 bits per heavy atom. The first-order chi connectivity index (χ1) is 13.8. The molecule has 0 N–H and O–H groups in total. The smallest absolute Gasteiger partial charge is 0.336 e. The Kier molecular flexibility index (Phi) is 6.38. The van der Waals surface area contributed by atoms with E-state index in [-0.39, 0.29) is 30.8 Å². The molecule has 0 saturated carbocycles. The molecule has 2 aromatic rings. The molecule has 4 nitrogen and oxygen atoms in total. The van der Waals surface area contributed by atoms with Gasteiger partial charge in [0.25, 0.3) is 0 Å². The lowest BCUT2D eigenvalue weighted by Crippen LogP contribution is -2.38. The number of amides is 1. The van der Waals surface area contributed by atoms with Crippen molar-refractivity contribution >= 4 is 23.5 Å². The van der Waals surface area contributed by atoms with Gasteiger partial charge in [0, 0.05) is 23.1 Å². The SMILES string of the molecule is CC1=C(C(=O)OC(C)C)[C@@H](c2ccc(Cl)cc2)CC(=O)N1Cc1cccc(F)c1. The molecule has 0 bridgehead atoms. The van der Waals surface area contributed by atoms with Crippen molar-refractivity contribution in [1.82, 2.24) is 4.90 Å². The van der Waals surface area contributed by atoms with Gasteiger partial charge in [-0.2, -0.15) is 0 Å².